The summed E-state index contributed by atoms with van der Waals surface area (Å²) in [6, 6.07) is 14.3. The molecule has 1 aromatic carbocycles. The van der Waals surface area contributed by atoms with Gasteiger partial charge < -0.3 is 10.2 Å². The van der Waals surface area contributed by atoms with Crippen LogP contribution < -0.4 is 15.5 Å². The summed E-state index contributed by atoms with van der Waals surface area (Å²) in [6.07, 6.45) is 9.11. The van der Waals surface area contributed by atoms with Crippen LogP contribution in [0.2, 0.25) is 0 Å². The highest BCUT2D eigenvalue weighted by molar-refractivity contribution is 8.18. The van der Waals surface area contributed by atoms with Crippen LogP contribution in [-0.4, -0.2) is 50.7 Å². The Hall–Kier alpha value is -4.15. The van der Waals surface area contributed by atoms with E-state index in [0.29, 0.717) is 22.5 Å². The Balaban J connectivity index is 1.04. The minimum atomic E-state index is -0.383. The molecule has 2 aliphatic rings. The molecule has 6 rings (SSSR count). The Morgan fingerprint density at radius 3 is 2.80 bits per heavy atom. The molecule has 2 N–H and O–H groups in total. The highest BCUT2D eigenvalue weighted by Crippen LogP contribution is 2.28. The fraction of sp³-hybridized carbons (Fsp3) is 0.267. The molecule has 3 aromatic heterocycles. The molecule has 5 heterocycles. The van der Waals surface area contributed by atoms with Gasteiger partial charge in [0.2, 0.25) is 5.95 Å². The van der Waals surface area contributed by atoms with Gasteiger partial charge in [0.25, 0.3) is 11.1 Å². The van der Waals surface area contributed by atoms with Gasteiger partial charge in [-0.25, -0.2) is 9.97 Å². The van der Waals surface area contributed by atoms with Crippen molar-refractivity contribution in [3.63, 3.8) is 0 Å². The quantitative estimate of drug-likeness (QED) is 0.315. The maximum Gasteiger partial charge on any atom is 0.290 e. The number of rotatable bonds is 7. The van der Waals surface area contributed by atoms with Crippen molar-refractivity contribution >= 4 is 45.7 Å². The number of carbonyl (C=O) groups is 2. The van der Waals surface area contributed by atoms with Crippen LogP contribution in [0.5, 0.6) is 0 Å². The number of piperidine rings is 1. The molecule has 0 unspecified atom stereocenters. The standard InChI is InChI=1S/C30H29N7O2S/c1-19-13-23(34-26(14-19)25-4-2-3-21-17-31-9-6-24(21)25)18-32-16-20-7-11-37(12-8-20)29-33-10-5-22(35-29)15-27-28(38)36-30(39)40-27/h2-6,9-10,13-15,17,20,32H,7-8,11-12,16,18H2,1H3,(H,36,38,39)/b27-15+. The van der Waals surface area contributed by atoms with Gasteiger partial charge in [-0.05, 0) is 85.3 Å². The Bertz CT molecular complexity index is 1610. The number of aromatic nitrogens is 4. The fourth-order valence-corrected chi connectivity index (χ4v) is 5.87. The van der Waals surface area contributed by atoms with Gasteiger partial charge in [0, 0.05) is 49.2 Å². The number of amides is 2. The number of nitrogens with zero attached hydrogens (tertiary/aromatic N) is 5. The summed E-state index contributed by atoms with van der Waals surface area (Å²) in [5, 5.41) is 7.81. The zero-order valence-corrected chi connectivity index (χ0v) is 22.9. The van der Waals surface area contributed by atoms with Crippen LogP contribution in [0.15, 0.2) is 66.0 Å². The second-order valence-electron chi connectivity index (χ2n) is 10.1. The van der Waals surface area contributed by atoms with E-state index in [2.05, 4.69) is 67.7 Å². The van der Waals surface area contributed by atoms with Crippen LogP contribution in [0, 0.1) is 12.8 Å². The summed E-state index contributed by atoms with van der Waals surface area (Å²) in [5.74, 6) is 0.823. The van der Waals surface area contributed by atoms with E-state index in [1.165, 1.54) is 5.56 Å². The van der Waals surface area contributed by atoms with Crippen LogP contribution in [0.1, 0.15) is 29.8 Å². The molecular weight excluding hydrogens is 522 g/mol. The van der Waals surface area contributed by atoms with E-state index in [4.69, 9.17) is 4.98 Å². The van der Waals surface area contributed by atoms with E-state index in [0.717, 1.165) is 78.5 Å². The molecule has 0 saturated carbocycles. The zero-order valence-electron chi connectivity index (χ0n) is 22.1. The van der Waals surface area contributed by atoms with E-state index in [-0.39, 0.29) is 11.1 Å². The smallest absolute Gasteiger partial charge is 0.290 e. The molecule has 0 spiro atoms. The lowest BCUT2D eigenvalue weighted by Gasteiger charge is -2.32. The third-order valence-electron chi connectivity index (χ3n) is 7.20. The molecule has 2 saturated heterocycles. The maximum absolute atomic E-state index is 11.8. The van der Waals surface area contributed by atoms with Crippen LogP contribution in [0.4, 0.5) is 10.7 Å². The number of anilines is 1. The van der Waals surface area contributed by atoms with E-state index < -0.39 is 0 Å². The Morgan fingerprint density at radius 1 is 1.10 bits per heavy atom. The van der Waals surface area contributed by atoms with Gasteiger partial charge in [-0.2, -0.15) is 0 Å². The van der Waals surface area contributed by atoms with Gasteiger partial charge in [-0.3, -0.25) is 24.9 Å². The van der Waals surface area contributed by atoms with Crippen molar-refractivity contribution in [2.24, 2.45) is 5.92 Å². The number of carbonyl (C=O) groups excluding carboxylic acids is 2. The summed E-state index contributed by atoms with van der Waals surface area (Å²) in [4.78, 5) is 44.1. The number of fused-ring (bicyclic) bond motifs is 1. The number of aryl methyl sites for hydroxylation is 1. The number of imide groups is 1. The van der Waals surface area contributed by atoms with Crippen molar-refractivity contribution in [2.75, 3.05) is 24.5 Å². The molecule has 4 aromatic rings. The van der Waals surface area contributed by atoms with Crippen LogP contribution in [-0.2, 0) is 11.3 Å². The third kappa shape index (κ3) is 5.88. The van der Waals surface area contributed by atoms with Crippen molar-refractivity contribution in [2.45, 2.75) is 26.3 Å². The normalized spacial score (nSPS) is 17.1. The number of thioether (sulfide) groups is 1. The largest absolute Gasteiger partial charge is 0.341 e. The van der Waals surface area contributed by atoms with Gasteiger partial charge in [0.15, 0.2) is 0 Å². The molecule has 10 heteroatoms. The molecule has 9 nitrogen and oxygen atoms in total. The predicted molar refractivity (Wildman–Crippen MR) is 157 cm³/mol. The highest BCUT2D eigenvalue weighted by atomic mass is 32.2. The molecule has 2 amide bonds. The van der Waals surface area contributed by atoms with Gasteiger partial charge in [0.1, 0.15) is 0 Å². The zero-order chi connectivity index (χ0) is 27.5. The van der Waals surface area contributed by atoms with Crippen LogP contribution in [0.25, 0.3) is 28.1 Å². The van der Waals surface area contributed by atoms with Crippen LogP contribution >= 0.6 is 11.8 Å². The number of hydrogen-bond acceptors (Lipinski definition) is 9. The molecule has 2 fully saturated rings. The first-order valence-corrected chi connectivity index (χ1v) is 14.2. The average molecular weight is 552 g/mol. The van der Waals surface area contributed by atoms with Gasteiger partial charge in [0.05, 0.1) is 22.0 Å². The van der Waals surface area contributed by atoms with Crippen molar-refractivity contribution in [1.29, 1.82) is 0 Å². The van der Waals surface area contributed by atoms with Gasteiger partial charge >= 0.3 is 0 Å². The molecule has 0 atom stereocenters. The maximum atomic E-state index is 11.8. The molecule has 0 aliphatic carbocycles. The Morgan fingerprint density at radius 2 is 1.98 bits per heavy atom. The topological polar surface area (TPSA) is 113 Å². The Kier molecular flexibility index (Phi) is 7.52. The number of benzene rings is 1. The predicted octanol–water partition coefficient (Wildman–Crippen LogP) is 4.73. The number of pyridine rings is 2. The monoisotopic (exact) mass is 551 g/mol. The molecule has 0 radical (unpaired) electrons. The fourth-order valence-electron chi connectivity index (χ4n) is 5.21. The summed E-state index contributed by atoms with van der Waals surface area (Å²) < 4.78 is 0. The van der Waals surface area contributed by atoms with Crippen molar-refractivity contribution < 1.29 is 9.59 Å². The summed E-state index contributed by atoms with van der Waals surface area (Å²) in [5.41, 5.74) is 4.95. The lowest BCUT2D eigenvalue weighted by Crippen LogP contribution is -2.38. The van der Waals surface area contributed by atoms with Crippen molar-refractivity contribution in [3.05, 3.63) is 82.9 Å². The number of hydrogen-bond donors (Lipinski definition) is 2. The van der Waals surface area contributed by atoms with Gasteiger partial charge in [-0.1, -0.05) is 18.2 Å². The van der Waals surface area contributed by atoms with Crippen LogP contribution in [0.3, 0.4) is 0 Å². The van der Waals surface area contributed by atoms with E-state index in [1.807, 2.05) is 18.5 Å². The second kappa shape index (κ2) is 11.5. The lowest BCUT2D eigenvalue weighted by atomic mass is 9.97. The molecule has 2 aliphatic heterocycles. The molecule has 202 valence electrons. The van der Waals surface area contributed by atoms with E-state index >= 15 is 0 Å². The summed E-state index contributed by atoms with van der Waals surface area (Å²) in [6.45, 7) is 5.48. The first-order chi connectivity index (χ1) is 19.5. The van der Waals surface area contributed by atoms with Gasteiger partial charge in [-0.15, -0.1) is 0 Å². The summed E-state index contributed by atoms with van der Waals surface area (Å²) >= 11 is 0.891. The third-order valence-corrected chi connectivity index (χ3v) is 8.01. The Labute approximate surface area is 236 Å². The molecule has 0 bridgehead atoms. The van der Waals surface area contributed by atoms with E-state index in [9.17, 15) is 9.59 Å². The molecule has 40 heavy (non-hydrogen) atoms. The number of nitrogens with one attached hydrogen (secondary N) is 2. The lowest BCUT2D eigenvalue weighted by molar-refractivity contribution is -0.115. The molecular formula is C30H29N7O2S. The van der Waals surface area contributed by atoms with Crippen molar-refractivity contribution in [3.8, 4) is 11.3 Å². The first kappa shape index (κ1) is 26.1. The van der Waals surface area contributed by atoms with E-state index in [1.54, 1.807) is 18.3 Å². The van der Waals surface area contributed by atoms with Crippen molar-refractivity contribution in [1.82, 2.24) is 30.6 Å². The highest BCUT2D eigenvalue weighted by Gasteiger charge is 2.26. The first-order valence-electron chi connectivity index (χ1n) is 13.4. The summed E-state index contributed by atoms with van der Waals surface area (Å²) in [7, 11) is 0. The minimum absolute atomic E-state index is 0.351. The average Bonchev–Trinajstić information content (AvgIpc) is 3.28. The SMILES string of the molecule is Cc1cc(CNCC2CCN(c3nccc(/C=C4/SC(=O)NC4=O)n3)CC2)nc(-c2cccc3cnccc23)c1. The minimum Gasteiger partial charge on any atom is -0.341 e. The second-order valence-corrected chi connectivity index (χ2v) is 11.1.